The van der Waals surface area contributed by atoms with Crippen LogP contribution < -0.4 is 5.73 Å². The van der Waals surface area contributed by atoms with Crippen LogP contribution in [0.5, 0.6) is 0 Å². The van der Waals surface area contributed by atoms with Crippen molar-refractivity contribution in [1.82, 2.24) is 4.90 Å². The van der Waals surface area contributed by atoms with Gasteiger partial charge in [-0.05, 0) is 18.7 Å². The van der Waals surface area contributed by atoms with E-state index in [1.807, 2.05) is 11.8 Å². The first-order valence-corrected chi connectivity index (χ1v) is 6.35. The van der Waals surface area contributed by atoms with Gasteiger partial charge in [0.1, 0.15) is 0 Å². The van der Waals surface area contributed by atoms with Gasteiger partial charge in [-0.1, -0.05) is 26.1 Å². The summed E-state index contributed by atoms with van der Waals surface area (Å²) in [6.07, 6.45) is 1.17. The minimum atomic E-state index is 0.606. The summed E-state index contributed by atoms with van der Waals surface area (Å²) >= 11 is 6.86. The van der Waals surface area contributed by atoms with Crippen molar-refractivity contribution >= 4 is 29.0 Å². The molecule has 13 heavy (non-hydrogen) atoms. The molecule has 0 saturated carbocycles. The van der Waals surface area contributed by atoms with Gasteiger partial charge in [0, 0.05) is 18.8 Å². The number of thioether (sulfide) groups is 1. The molecule has 0 aliphatic rings. The molecule has 0 saturated heterocycles. The molecule has 0 aliphatic carbocycles. The van der Waals surface area contributed by atoms with E-state index in [-0.39, 0.29) is 0 Å². The number of rotatable bonds is 8. The Kier molecular flexibility index (Phi) is 8.92. The SMILES string of the molecule is CCCN(CCSCC)CC(N)=S. The van der Waals surface area contributed by atoms with E-state index in [0.717, 1.165) is 19.6 Å². The second-order valence-electron chi connectivity index (χ2n) is 2.94. The predicted octanol–water partition coefficient (Wildman–Crippen LogP) is 1.74. The van der Waals surface area contributed by atoms with Crippen LogP contribution in [0.4, 0.5) is 0 Å². The number of thiocarbonyl (C=S) groups is 1. The van der Waals surface area contributed by atoms with Crippen molar-refractivity contribution in [2.75, 3.05) is 31.1 Å². The van der Waals surface area contributed by atoms with Crippen LogP contribution in [0.3, 0.4) is 0 Å². The van der Waals surface area contributed by atoms with Crippen LogP contribution in [-0.2, 0) is 0 Å². The van der Waals surface area contributed by atoms with E-state index in [4.69, 9.17) is 18.0 Å². The summed E-state index contributed by atoms with van der Waals surface area (Å²) in [6, 6.07) is 0. The average molecular weight is 220 g/mol. The molecule has 0 rings (SSSR count). The van der Waals surface area contributed by atoms with E-state index in [1.54, 1.807) is 0 Å². The van der Waals surface area contributed by atoms with Crippen LogP contribution in [0.1, 0.15) is 20.3 Å². The summed E-state index contributed by atoms with van der Waals surface area (Å²) in [5, 5.41) is 0. The summed E-state index contributed by atoms with van der Waals surface area (Å²) in [5.41, 5.74) is 5.51. The molecule has 0 aromatic heterocycles. The fraction of sp³-hybridized carbons (Fsp3) is 0.889. The lowest BCUT2D eigenvalue weighted by atomic mass is 10.4. The Bertz CT molecular complexity index is 140. The highest BCUT2D eigenvalue weighted by Crippen LogP contribution is 2.00. The fourth-order valence-electron chi connectivity index (χ4n) is 1.14. The lowest BCUT2D eigenvalue weighted by molar-refractivity contribution is 0.332. The highest BCUT2D eigenvalue weighted by Gasteiger charge is 2.03. The maximum absolute atomic E-state index is 5.51. The third-order valence-electron chi connectivity index (χ3n) is 1.68. The summed E-state index contributed by atoms with van der Waals surface area (Å²) in [7, 11) is 0. The molecular formula is C9H20N2S2. The molecule has 0 amide bonds. The quantitative estimate of drug-likeness (QED) is 0.498. The normalized spacial score (nSPS) is 10.7. The Morgan fingerprint density at radius 2 is 2.08 bits per heavy atom. The Morgan fingerprint density at radius 3 is 2.54 bits per heavy atom. The Balaban J connectivity index is 3.59. The number of nitrogens with zero attached hydrogens (tertiary/aromatic N) is 1. The molecule has 2 N–H and O–H groups in total. The molecule has 2 nitrogen and oxygen atoms in total. The van der Waals surface area contributed by atoms with Gasteiger partial charge >= 0.3 is 0 Å². The molecule has 0 fully saturated rings. The second kappa shape index (κ2) is 8.78. The van der Waals surface area contributed by atoms with Gasteiger partial charge in [0.25, 0.3) is 0 Å². The van der Waals surface area contributed by atoms with Crippen molar-refractivity contribution in [1.29, 1.82) is 0 Å². The molecule has 0 heterocycles. The monoisotopic (exact) mass is 220 g/mol. The van der Waals surface area contributed by atoms with E-state index in [2.05, 4.69) is 18.7 Å². The Labute approximate surface area is 91.2 Å². The van der Waals surface area contributed by atoms with Crippen LogP contribution in [0, 0.1) is 0 Å². The Hall–Kier alpha value is 0.200. The van der Waals surface area contributed by atoms with Crippen LogP contribution in [0.15, 0.2) is 0 Å². The topological polar surface area (TPSA) is 29.3 Å². The zero-order chi connectivity index (χ0) is 10.1. The highest BCUT2D eigenvalue weighted by atomic mass is 32.2. The number of hydrogen-bond donors (Lipinski definition) is 1. The molecule has 4 heteroatoms. The van der Waals surface area contributed by atoms with Gasteiger partial charge in [-0.3, -0.25) is 4.90 Å². The van der Waals surface area contributed by atoms with Gasteiger partial charge < -0.3 is 5.73 Å². The molecular weight excluding hydrogens is 200 g/mol. The van der Waals surface area contributed by atoms with Crippen molar-refractivity contribution < 1.29 is 0 Å². The summed E-state index contributed by atoms with van der Waals surface area (Å²) in [4.78, 5) is 2.93. The van der Waals surface area contributed by atoms with Gasteiger partial charge in [0.05, 0.1) is 4.99 Å². The lowest BCUT2D eigenvalue weighted by Gasteiger charge is -2.20. The largest absolute Gasteiger partial charge is 0.392 e. The maximum Gasteiger partial charge on any atom is 0.0870 e. The van der Waals surface area contributed by atoms with Crippen LogP contribution in [0.2, 0.25) is 0 Å². The molecule has 0 spiro atoms. The summed E-state index contributed by atoms with van der Waals surface area (Å²) in [5.74, 6) is 2.37. The molecule has 0 bridgehead atoms. The molecule has 0 aromatic carbocycles. The summed E-state index contributed by atoms with van der Waals surface area (Å²) in [6.45, 7) is 7.33. The average Bonchev–Trinajstić information content (AvgIpc) is 2.04. The van der Waals surface area contributed by atoms with Crippen molar-refractivity contribution in [2.45, 2.75) is 20.3 Å². The van der Waals surface area contributed by atoms with Gasteiger partial charge in [-0.2, -0.15) is 11.8 Å². The van der Waals surface area contributed by atoms with Crippen LogP contribution in [0.25, 0.3) is 0 Å². The molecule has 0 atom stereocenters. The van der Waals surface area contributed by atoms with Crippen LogP contribution >= 0.6 is 24.0 Å². The van der Waals surface area contributed by atoms with E-state index in [0.29, 0.717) is 4.99 Å². The van der Waals surface area contributed by atoms with Crippen molar-refractivity contribution in [3.8, 4) is 0 Å². The van der Waals surface area contributed by atoms with Crippen molar-refractivity contribution in [2.24, 2.45) is 5.73 Å². The van der Waals surface area contributed by atoms with E-state index >= 15 is 0 Å². The van der Waals surface area contributed by atoms with Gasteiger partial charge in [0.15, 0.2) is 0 Å². The van der Waals surface area contributed by atoms with Crippen molar-refractivity contribution in [3.63, 3.8) is 0 Å². The van der Waals surface area contributed by atoms with Crippen LogP contribution in [-0.4, -0.2) is 41.0 Å². The summed E-state index contributed by atoms with van der Waals surface area (Å²) < 4.78 is 0. The fourth-order valence-corrected chi connectivity index (χ4v) is 2.00. The van der Waals surface area contributed by atoms with Gasteiger partial charge in [0.2, 0.25) is 0 Å². The first kappa shape index (κ1) is 13.2. The molecule has 0 aliphatic heterocycles. The third-order valence-corrected chi connectivity index (χ3v) is 2.68. The zero-order valence-electron chi connectivity index (χ0n) is 8.58. The van der Waals surface area contributed by atoms with E-state index < -0.39 is 0 Å². The molecule has 0 unspecified atom stereocenters. The van der Waals surface area contributed by atoms with E-state index in [1.165, 1.54) is 17.9 Å². The third kappa shape index (κ3) is 8.53. The van der Waals surface area contributed by atoms with Crippen molar-refractivity contribution in [3.05, 3.63) is 0 Å². The predicted molar refractivity (Wildman–Crippen MR) is 66.5 cm³/mol. The first-order chi connectivity index (χ1) is 6.20. The standard InChI is InChI=1S/C9H20N2S2/c1-3-5-11(8-9(10)12)6-7-13-4-2/h3-8H2,1-2H3,(H2,10,12). The molecule has 0 aromatic rings. The number of hydrogen-bond acceptors (Lipinski definition) is 3. The zero-order valence-corrected chi connectivity index (χ0v) is 10.2. The van der Waals surface area contributed by atoms with E-state index in [9.17, 15) is 0 Å². The first-order valence-electron chi connectivity index (χ1n) is 4.79. The molecule has 0 radical (unpaired) electrons. The van der Waals surface area contributed by atoms with Gasteiger partial charge in [-0.15, -0.1) is 0 Å². The smallest absolute Gasteiger partial charge is 0.0870 e. The maximum atomic E-state index is 5.51. The Morgan fingerprint density at radius 1 is 1.38 bits per heavy atom. The lowest BCUT2D eigenvalue weighted by Crippen LogP contribution is -2.34. The molecule has 78 valence electrons. The minimum Gasteiger partial charge on any atom is -0.392 e. The number of nitrogens with two attached hydrogens (primary N) is 1. The van der Waals surface area contributed by atoms with Gasteiger partial charge in [-0.25, -0.2) is 0 Å². The minimum absolute atomic E-state index is 0.606. The highest BCUT2D eigenvalue weighted by molar-refractivity contribution is 7.99. The second-order valence-corrected chi connectivity index (χ2v) is 4.86.